The van der Waals surface area contributed by atoms with E-state index in [-0.39, 0.29) is 23.1 Å². The molecule has 2 N–H and O–H groups in total. The number of amides is 2. The second-order valence-corrected chi connectivity index (χ2v) is 8.64. The molecule has 138 valence electrons. The van der Waals surface area contributed by atoms with Crippen LogP contribution in [0.15, 0.2) is 18.3 Å². The first-order valence-corrected chi connectivity index (χ1v) is 9.99. The molecule has 1 atom stereocenters. The molecule has 8 nitrogen and oxygen atoms in total. The second-order valence-electron chi connectivity index (χ2n) is 6.42. The Labute approximate surface area is 147 Å². The van der Waals surface area contributed by atoms with Crippen LogP contribution in [0.3, 0.4) is 0 Å². The van der Waals surface area contributed by atoms with Gasteiger partial charge in [-0.2, -0.15) is 0 Å². The normalized spacial score (nSPS) is 18.9. The molecule has 2 amide bonds. The molecule has 1 saturated heterocycles. The Hall–Kier alpha value is -2.00. The molecule has 0 saturated carbocycles. The molecule has 2 heterocycles. The maximum Gasteiger partial charge on any atom is 0.270 e. The van der Waals surface area contributed by atoms with Gasteiger partial charge >= 0.3 is 0 Å². The van der Waals surface area contributed by atoms with E-state index in [1.807, 2.05) is 19.0 Å². The van der Waals surface area contributed by atoms with Crippen LogP contribution < -0.4 is 10.6 Å². The van der Waals surface area contributed by atoms with Crippen molar-refractivity contribution in [2.24, 2.45) is 0 Å². The number of rotatable bonds is 7. The molecule has 1 aliphatic heterocycles. The molecule has 0 aromatic carbocycles. The van der Waals surface area contributed by atoms with E-state index in [1.54, 1.807) is 0 Å². The average molecular weight is 368 g/mol. The van der Waals surface area contributed by atoms with Crippen molar-refractivity contribution in [2.75, 3.05) is 38.7 Å². The number of carbonyl (C=O) groups is 2. The molecule has 0 bridgehead atoms. The molecule has 0 spiro atoms. The maximum absolute atomic E-state index is 12.2. The summed E-state index contributed by atoms with van der Waals surface area (Å²) >= 11 is 0. The van der Waals surface area contributed by atoms with Crippen LogP contribution in [0.1, 0.15) is 33.7 Å². The number of sulfone groups is 1. The molecule has 0 aliphatic carbocycles. The summed E-state index contributed by atoms with van der Waals surface area (Å²) in [7, 11) is 0.860. The molecule has 1 aliphatic rings. The predicted molar refractivity (Wildman–Crippen MR) is 94.3 cm³/mol. The fourth-order valence-electron chi connectivity index (χ4n) is 2.56. The summed E-state index contributed by atoms with van der Waals surface area (Å²) in [6.07, 6.45) is 2.63. The molecular formula is C16H24N4O4S. The largest absolute Gasteiger partial charge is 0.352 e. The summed E-state index contributed by atoms with van der Waals surface area (Å²) in [6.45, 7) is 1.41. The van der Waals surface area contributed by atoms with Gasteiger partial charge in [0.25, 0.3) is 11.8 Å². The van der Waals surface area contributed by atoms with Gasteiger partial charge < -0.3 is 15.5 Å². The van der Waals surface area contributed by atoms with E-state index < -0.39 is 21.8 Å². The van der Waals surface area contributed by atoms with Crippen molar-refractivity contribution >= 4 is 21.7 Å². The Morgan fingerprint density at radius 2 is 2.08 bits per heavy atom. The lowest BCUT2D eigenvalue weighted by Crippen LogP contribution is -2.36. The summed E-state index contributed by atoms with van der Waals surface area (Å²) < 4.78 is 22.9. The zero-order valence-corrected chi connectivity index (χ0v) is 15.3. The van der Waals surface area contributed by atoms with E-state index >= 15 is 0 Å². The minimum absolute atomic E-state index is 0.0508. The van der Waals surface area contributed by atoms with Gasteiger partial charge in [0.2, 0.25) is 0 Å². The van der Waals surface area contributed by atoms with E-state index in [1.165, 1.54) is 18.3 Å². The SMILES string of the molecule is CN(C)CCCNC(=O)c1ccnc(C(=O)NC2CCS(=O)(=O)C2)c1. The van der Waals surface area contributed by atoms with Crippen LogP contribution in [0, 0.1) is 0 Å². The number of pyridine rings is 1. The first-order valence-electron chi connectivity index (χ1n) is 8.17. The van der Waals surface area contributed by atoms with Crippen LogP contribution in [0.25, 0.3) is 0 Å². The quantitative estimate of drug-likeness (QED) is 0.639. The third kappa shape index (κ3) is 6.09. The summed E-state index contributed by atoms with van der Waals surface area (Å²) in [6, 6.07) is 2.56. The van der Waals surface area contributed by atoms with Crippen molar-refractivity contribution in [3.63, 3.8) is 0 Å². The maximum atomic E-state index is 12.2. The standard InChI is InChI=1S/C16H24N4O4S/c1-20(2)8-3-6-18-15(21)12-4-7-17-14(10-12)16(22)19-13-5-9-25(23,24)11-13/h4,7,10,13H,3,5-6,8-9,11H2,1-2H3,(H,18,21)(H,19,22). The summed E-state index contributed by atoms with van der Waals surface area (Å²) in [5.41, 5.74) is 0.453. The Morgan fingerprint density at radius 3 is 2.72 bits per heavy atom. The molecule has 25 heavy (non-hydrogen) atoms. The smallest absolute Gasteiger partial charge is 0.270 e. The third-order valence-corrected chi connectivity index (χ3v) is 5.66. The summed E-state index contributed by atoms with van der Waals surface area (Å²) in [5, 5.41) is 5.46. The van der Waals surface area contributed by atoms with Gasteiger partial charge in [-0.1, -0.05) is 0 Å². The van der Waals surface area contributed by atoms with Crippen LogP contribution in [-0.2, 0) is 9.84 Å². The third-order valence-electron chi connectivity index (χ3n) is 3.89. The fraction of sp³-hybridized carbons (Fsp3) is 0.562. The van der Waals surface area contributed by atoms with Crippen LogP contribution in [0.5, 0.6) is 0 Å². The first-order chi connectivity index (χ1) is 11.8. The van der Waals surface area contributed by atoms with Gasteiger partial charge in [-0.25, -0.2) is 8.42 Å². The average Bonchev–Trinajstić information content (AvgIpc) is 2.90. The van der Waals surface area contributed by atoms with Crippen molar-refractivity contribution < 1.29 is 18.0 Å². The van der Waals surface area contributed by atoms with Crippen LogP contribution in [0.4, 0.5) is 0 Å². The van der Waals surface area contributed by atoms with Crippen molar-refractivity contribution in [1.29, 1.82) is 0 Å². The predicted octanol–water partition coefficient (Wildman–Crippen LogP) is -0.320. The first kappa shape index (κ1) is 19.3. The summed E-state index contributed by atoms with van der Waals surface area (Å²) in [5.74, 6) is -0.700. The molecular weight excluding hydrogens is 344 g/mol. The molecule has 1 unspecified atom stereocenters. The van der Waals surface area contributed by atoms with E-state index in [0.717, 1.165) is 13.0 Å². The Bertz CT molecular complexity index is 733. The highest BCUT2D eigenvalue weighted by Crippen LogP contribution is 2.12. The van der Waals surface area contributed by atoms with Gasteiger partial charge in [-0.3, -0.25) is 14.6 Å². The minimum atomic E-state index is -3.07. The van der Waals surface area contributed by atoms with Crippen LogP contribution in [-0.4, -0.2) is 74.8 Å². The van der Waals surface area contributed by atoms with Crippen LogP contribution >= 0.6 is 0 Å². The topological polar surface area (TPSA) is 108 Å². The summed E-state index contributed by atoms with van der Waals surface area (Å²) in [4.78, 5) is 30.4. The number of nitrogens with zero attached hydrogens (tertiary/aromatic N) is 2. The molecule has 1 fully saturated rings. The molecule has 9 heteroatoms. The number of hydrogen-bond donors (Lipinski definition) is 2. The highest BCUT2D eigenvalue weighted by Gasteiger charge is 2.29. The van der Waals surface area contributed by atoms with Gasteiger partial charge in [-0.05, 0) is 45.6 Å². The Morgan fingerprint density at radius 1 is 1.32 bits per heavy atom. The second kappa shape index (κ2) is 8.39. The van der Waals surface area contributed by atoms with Crippen LogP contribution in [0.2, 0.25) is 0 Å². The van der Waals surface area contributed by atoms with E-state index in [9.17, 15) is 18.0 Å². The van der Waals surface area contributed by atoms with Crippen molar-refractivity contribution in [2.45, 2.75) is 18.9 Å². The van der Waals surface area contributed by atoms with Crippen molar-refractivity contribution in [3.05, 3.63) is 29.6 Å². The van der Waals surface area contributed by atoms with E-state index in [4.69, 9.17) is 0 Å². The number of hydrogen-bond acceptors (Lipinski definition) is 6. The minimum Gasteiger partial charge on any atom is -0.352 e. The highest BCUT2D eigenvalue weighted by molar-refractivity contribution is 7.91. The monoisotopic (exact) mass is 368 g/mol. The highest BCUT2D eigenvalue weighted by atomic mass is 32.2. The van der Waals surface area contributed by atoms with Gasteiger partial charge in [0.15, 0.2) is 9.84 Å². The van der Waals surface area contributed by atoms with Gasteiger partial charge in [0, 0.05) is 24.3 Å². The lowest BCUT2D eigenvalue weighted by molar-refractivity contribution is 0.0936. The number of aromatic nitrogens is 1. The van der Waals surface area contributed by atoms with Gasteiger partial charge in [0.05, 0.1) is 11.5 Å². The fourth-order valence-corrected chi connectivity index (χ4v) is 4.24. The molecule has 1 aromatic rings. The van der Waals surface area contributed by atoms with Crippen molar-refractivity contribution in [1.82, 2.24) is 20.5 Å². The Kier molecular flexibility index (Phi) is 6.49. The van der Waals surface area contributed by atoms with Gasteiger partial charge in [-0.15, -0.1) is 0 Å². The molecule has 1 aromatic heterocycles. The molecule has 2 rings (SSSR count). The lowest BCUT2D eigenvalue weighted by atomic mass is 10.2. The molecule has 0 radical (unpaired) electrons. The zero-order valence-electron chi connectivity index (χ0n) is 14.5. The zero-order chi connectivity index (χ0) is 18.4. The lowest BCUT2D eigenvalue weighted by Gasteiger charge is -2.11. The van der Waals surface area contributed by atoms with E-state index in [0.29, 0.717) is 18.5 Å². The Balaban J connectivity index is 1.91. The number of nitrogens with one attached hydrogen (secondary N) is 2. The van der Waals surface area contributed by atoms with Gasteiger partial charge in [0.1, 0.15) is 5.69 Å². The van der Waals surface area contributed by atoms with Crippen molar-refractivity contribution in [3.8, 4) is 0 Å². The van der Waals surface area contributed by atoms with E-state index in [2.05, 4.69) is 15.6 Å². The number of carbonyl (C=O) groups excluding carboxylic acids is 2.